The van der Waals surface area contributed by atoms with E-state index in [2.05, 4.69) is 0 Å². The van der Waals surface area contributed by atoms with Gasteiger partial charge in [0.15, 0.2) is 6.10 Å². The Labute approximate surface area is 126 Å². The van der Waals surface area contributed by atoms with Gasteiger partial charge in [0, 0.05) is 18.0 Å². The van der Waals surface area contributed by atoms with E-state index in [1.165, 1.54) is 0 Å². The maximum Gasteiger partial charge on any atom is 0.326 e. The van der Waals surface area contributed by atoms with E-state index in [1.807, 2.05) is 0 Å². The molecule has 6 nitrogen and oxygen atoms in total. The fourth-order valence-electron chi connectivity index (χ4n) is 2.29. The number of carbonyl (C=O) groups excluding carboxylic acids is 1. The first kappa shape index (κ1) is 15.6. The Morgan fingerprint density at radius 3 is 2.57 bits per heavy atom. The summed E-state index contributed by atoms with van der Waals surface area (Å²) in [5, 5.41) is 19.2. The van der Waals surface area contributed by atoms with Crippen molar-refractivity contribution in [1.29, 1.82) is 0 Å². The summed E-state index contributed by atoms with van der Waals surface area (Å²) in [4.78, 5) is 24.5. The third kappa shape index (κ3) is 3.65. The third-order valence-corrected chi connectivity index (χ3v) is 3.57. The molecule has 1 heterocycles. The van der Waals surface area contributed by atoms with Crippen molar-refractivity contribution in [2.24, 2.45) is 0 Å². The molecule has 0 saturated carbocycles. The van der Waals surface area contributed by atoms with Gasteiger partial charge in [-0.3, -0.25) is 4.79 Å². The van der Waals surface area contributed by atoms with Gasteiger partial charge < -0.3 is 19.8 Å². The average molecular weight is 314 g/mol. The molecule has 21 heavy (non-hydrogen) atoms. The van der Waals surface area contributed by atoms with Crippen LogP contribution >= 0.6 is 11.6 Å². The maximum absolute atomic E-state index is 12.3. The number of aliphatic carboxylic acids is 1. The molecule has 3 atom stereocenters. The zero-order valence-corrected chi connectivity index (χ0v) is 12.2. The van der Waals surface area contributed by atoms with Gasteiger partial charge in [-0.15, -0.1) is 0 Å². The van der Waals surface area contributed by atoms with Crippen LogP contribution in [0.25, 0.3) is 0 Å². The Bertz CT molecular complexity index is 533. The number of aliphatic hydroxyl groups excluding tert-OH is 1. The molecule has 1 amide bonds. The number of hydrogen-bond acceptors (Lipinski definition) is 4. The highest BCUT2D eigenvalue weighted by Gasteiger charge is 2.40. The van der Waals surface area contributed by atoms with Gasteiger partial charge in [-0.2, -0.15) is 0 Å². The van der Waals surface area contributed by atoms with Crippen LogP contribution < -0.4 is 4.74 Å². The topological polar surface area (TPSA) is 87.1 Å². The van der Waals surface area contributed by atoms with Crippen LogP contribution in [0.15, 0.2) is 24.3 Å². The maximum atomic E-state index is 12.3. The molecule has 7 heteroatoms. The summed E-state index contributed by atoms with van der Waals surface area (Å²) in [7, 11) is 0. The van der Waals surface area contributed by atoms with Crippen molar-refractivity contribution in [2.75, 3.05) is 6.54 Å². The normalized spacial score (nSPS) is 22.9. The van der Waals surface area contributed by atoms with E-state index in [0.29, 0.717) is 10.8 Å². The van der Waals surface area contributed by atoms with E-state index in [1.54, 1.807) is 31.2 Å². The molecular weight excluding hydrogens is 298 g/mol. The van der Waals surface area contributed by atoms with Crippen LogP contribution in [0.1, 0.15) is 13.3 Å². The quantitative estimate of drug-likeness (QED) is 0.871. The average Bonchev–Trinajstić information content (AvgIpc) is 2.82. The highest BCUT2D eigenvalue weighted by atomic mass is 35.5. The molecule has 1 fully saturated rings. The van der Waals surface area contributed by atoms with Crippen LogP contribution in [0.3, 0.4) is 0 Å². The molecule has 0 aromatic heterocycles. The Morgan fingerprint density at radius 2 is 2.00 bits per heavy atom. The Morgan fingerprint density at radius 1 is 1.38 bits per heavy atom. The van der Waals surface area contributed by atoms with Gasteiger partial charge in [0.05, 0.1) is 6.10 Å². The number of likely N-dealkylation sites (tertiary alicyclic amines) is 1. The van der Waals surface area contributed by atoms with E-state index >= 15 is 0 Å². The molecule has 1 aliphatic heterocycles. The number of ether oxygens (including phenoxy) is 1. The van der Waals surface area contributed by atoms with E-state index in [0.717, 1.165) is 4.90 Å². The summed E-state index contributed by atoms with van der Waals surface area (Å²) in [5.41, 5.74) is 0. The first-order chi connectivity index (χ1) is 9.88. The first-order valence-electron chi connectivity index (χ1n) is 6.52. The highest BCUT2D eigenvalue weighted by Crippen LogP contribution is 2.22. The number of carbonyl (C=O) groups is 2. The van der Waals surface area contributed by atoms with Crippen molar-refractivity contribution in [3.63, 3.8) is 0 Å². The minimum absolute atomic E-state index is 0.00409. The van der Waals surface area contributed by atoms with Gasteiger partial charge in [0.1, 0.15) is 11.8 Å². The minimum atomic E-state index is -1.13. The summed E-state index contributed by atoms with van der Waals surface area (Å²) >= 11 is 5.76. The van der Waals surface area contributed by atoms with Crippen LogP contribution in [0.5, 0.6) is 5.75 Å². The molecule has 1 aliphatic rings. The van der Waals surface area contributed by atoms with Gasteiger partial charge >= 0.3 is 5.97 Å². The van der Waals surface area contributed by atoms with E-state index in [-0.39, 0.29) is 13.0 Å². The predicted molar refractivity (Wildman–Crippen MR) is 75.3 cm³/mol. The molecule has 1 saturated heterocycles. The van der Waals surface area contributed by atoms with Crippen molar-refractivity contribution >= 4 is 23.5 Å². The number of β-amino-alcohol motifs (C(OH)–C–C–N with tert-alkyl or cyclic N) is 1. The van der Waals surface area contributed by atoms with E-state index in [9.17, 15) is 14.7 Å². The molecule has 114 valence electrons. The van der Waals surface area contributed by atoms with Gasteiger partial charge in [-0.05, 0) is 31.2 Å². The standard InChI is InChI=1S/C14H16ClNO5/c1-8(21-11-4-2-9(15)3-5-11)13(18)16-7-10(17)6-12(16)14(19)20/h2-5,8,10,12,17H,6-7H2,1H3,(H,19,20)/t8?,10?,12-/m0/s1. The van der Waals surface area contributed by atoms with Crippen molar-refractivity contribution < 1.29 is 24.5 Å². The summed E-state index contributed by atoms with van der Waals surface area (Å²) < 4.78 is 5.48. The lowest BCUT2D eigenvalue weighted by atomic mass is 10.2. The summed E-state index contributed by atoms with van der Waals surface area (Å²) in [6, 6.07) is 5.50. The number of nitrogens with zero attached hydrogens (tertiary/aromatic N) is 1. The van der Waals surface area contributed by atoms with Crippen molar-refractivity contribution in [1.82, 2.24) is 4.90 Å². The van der Waals surface area contributed by atoms with Gasteiger partial charge in [0.2, 0.25) is 0 Å². The fourth-order valence-corrected chi connectivity index (χ4v) is 2.42. The molecule has 1 aromatic rings. The number of carboxylic acid groups (broad SMARTS) is 1. The number of benzene rings is 1. The molecule has 2 unspecified atom stereocenters. The number of hydrogen-bond donors (Lipinski definition) is 2. The van der Waals surface area contributed by atoms with Crippen molar-refractivity contribution in [3.05, 3.63) is 29.3 Å². The van der Waals surface area contributed by atoms with Crippen LogP contribution in [-0.2, 0) is 9.59 Å². The van der Waals surface area contributed by atoms with Gasteiger partial charge in [0.25, 0.3) is 5.91 Å². The van der Waals surface area contributed by atoms with Crippen LogP contribution in [0, 0.1) is 0 Å². The second kappa shape index (κ2) is 6.32. The summed E-state index contributed by atoms with van der Waals surface area (Å²) in [6.07, 6.45) is -1.63. The van der Waals surface area contributed by atoms with Gasteiger partial charge in [-0.1, -0.05) is 11.6 Å². The summed E-state index contributed by atoms with van der Waals surface area (Å²) in [5.74, 6) is -1.13. The zero-order valence-electron chi connectivity index (χ0n) is 11.4. The minimum Gasteiger partial charge on any atom is -0.481 e. The Kier molecular flexibility index (Phi) is 4.69. The van der Waals surface area contributed by atoms with Crippen LogP contribution in [-0.4, -0.2) is 51.8 Å². The lowest BCUT2D eigenvalue weighted by molar-refractivity contribution is -0.150. The number of aliphatic hydroxyl groups is 1. The largest absolute Gasteiger partial charge is 0.481 e. The third-order valence-electron chi connectivity index (χ3n) is 3.32. The summed E-state index contributed by atoms with van der Waals surface area (Å²) in [6.45, 7) is 1.55. The lowest BCUT2D eigenvalue weighted by Gasteiger charge is -2.25. The molecule has 0 radical (unpaired) electrons. The van der Waals surface area contributed by atoms with Crippen molar-refractivity contribution in [2.45, 2.75) is 31.6 Å². The smallest absolute Gasteiger partial charge is 0.326 e. The van der Waals surface area contributed by atoms with Crippen LogP contribution in [0.2, 0.25) is 5.02 Å². The predicted octanol–water partition coefficient (Wildman–Crippen LogP) is 1.15. The highest BCUT2D eigenvalue weighted by molar-refractivity contribution is 6.30. The van der Waals surface area contributed by atoms with Gasteiger partial charge in [-0.25, -0.2) is 4.79 Å². The zero-order chi connectivity index (χ0) is 15.6. The van der Waals surface area contributed by atoms with Crippen molar-refractivity contribution in [3.8, 4) is 5.75 Å². The molecule has 1 aromatic carbocycles. The Balaban J connectivity index is 2.04. The monoisotopic (exact) mass is 313 g/mol. The van der Waals surface area contributed by atoms with E-state index in [4.69, 9.17) is 21.4 Å². The molecule has 2 rings (SSSR count). The number of rotatable bonds is 4. The molecule has 0 bridgehead atoms. The molecule has 0 aliphatic carbocycles. The SMILES string of the molecule is CC(Oc1ccc(Cl)cc1)C(=O)N1CC(O)C[C@H]1C(=O)O. The second-order valence-corrected chi connectivity index (χ2v) is 5.38. The Hall–Kier alpha value is -1.79. The first-order valence-corrected chi connectivity index (χ1v) is 6.90. The number of carboxylic acids is 1. The number of halogens is 1. The molecule has 2 N–H and O–H groups in total. The second-order valence-electron chi connectivity index (χ2n) is 4.95. The number of amides is 1. The molecular formula is C14H16ClNO5. The van der Waals surface area contributed by atoms with E-state index < -0.39 is 30.1 Å². The van der Waals surface area contributed by atoms with Crippen LogP contribution in [0.4, 0.5) is 0 Å². The molecule has 0 spiro atoms. The fraction of sp³-hybridized carbons (Fsp3) is 0.429. The lowest BCUT2D eigenvalue weighted by Crippen LogP contribution is -2.46.